The highest BCUT2D eigenvalue weighted by atomic mass is 16.5. The maximum atomic E-state index is 5.74. The van der Waals surface area contributed by atoms with Crippen LogP contribution in [0.5, 0.6) is 0 Å². The molecule has 2 nitrogen and oxygen atoms in total. The quantitative estimate of drug-likeness (QED) is 0.610. The molecule has 0 amide bonds. The number of unbranched alkanes of at least 4 members (excludes halogenated alkanes) is 5. The van der Waals surface area contributed by atoms with Crippen LogP contribution in [0.25, 0.3) is 0 Å². The SMILES string of the molecule is CCCCCCCCOCC1CCCNC1. The Morgan fingerprint density at radius 1 is 1.12 bits per heavy atom. The average Bonchev–Trinajstić information content (AvgIpc) is 2.34. The fraction of sp³-hybridized carbons (Fsp3) is 1.00. The van der Waals surface area contributed by atoms with Crippen molar-refractivity contribution in [3.05, 3.63) is 0 Å². The molecule has 0 spiro atoms. The van der Waals surface area contributed by atoms with Crippen LogP contribution in [0.3, 0.4) is 0 Å². The van der Waals surface area contributed by atoms with Gasteiger partial charge in [0.2, 0.25) is 0 Å². The molecule has 1 rings (SSSR count). The van der Waals surface area contributed by atoms with Crippen LogP contribution < -0.4 is 5.32 Å². The molecule has 0 aromatic heterocycles. The molecule has 0 bridgehead atoms. The van der Waals surface area contributed by atoms with Crippen LogP contribution in [0.15, 0.2) is 0 Å². The average molecular weight is 227 g/mol. The van der Waals surface area contributed by atoms with Crippen molar-refractivity contribution in [2.24, 2.45) is 5.92 Å². The summed E-state index contributed by atoms with van der Waals surface area (Å²) in [5.74, 6) is 0.772. The fourth-order valence-corrected chi connectivity index (χ4v) is 2.30. The van der Waals surface area contributed by atoms with Crippen molar-refractivity contribution < 1.29 is 4.74 Å². The molecule has 1 aliphatic heterocycles. The van der Waals surface area contributed by atoms with Gasteiger partial charge in [-0.2, -0.15) is 0 Å². The molecule has 1 fully saturated rings. The predicted molar refractivity (Wildman–Crippen MR) is 69.8 cm³/mol. The molecule has 0 radical (unpaired) electrons. The second-order valence-electron chi connectivity index (χ2n) is 5.06. The normalized spacial score (nSPS) is 21.2. The Labute approximate surface area is 101 Å². The molecule has 1 aliphatic rings. The molecule has 0 aliphatic carbocycles. The first-order valence-corrected chi connectivity index (χ1v) is 7.22. The zero-order valence-electron chi connectivity index (χ0n) is 11.0. The van der Waals surface area contributed by atoms with E-state index in [4.69, 9.17) is 4.74 Å². The Hall–Kier alpha value is -0.0800. The predicted octanol–water partition coefficient (Wildman–Crippen LogP) is 3.36. The summed E-state index contributed by atoms with van der Waals surface area (Å²) in [5.41, 5.74) is 0. The third kappa shape index (κ3) is 7.24. The number of rotatable bonds is 9. The molecule has 1 saturated heterocycles. The second kappa shape index (κ2) is 10.1. The number of hydrogen-bond donors (Lipinski definition) is 1. The van der Waals surface area contributed by atoms with E-state index < -0.39 is 0 Å². The van der Waals surface area contributed by atoms with E-state index in [1.54, 1.807) is 0 Å². The van der Waals surface area contributed by atoms with Gasteiger partial charge in [0.25, 0.3) is 0 Å². The van der Waals surface area contributed by atoms with Crippen molar-refractivity contribution in [2.45, 2.75) is 58.3 Å². The van der Waals surface area contributed by atoms with E-state index in [0.717, 1.165) is 25.7 Å². The highest BCUT2D eigenvalue weighted by molar-refractivity contribution is 4.68. The maximum absolute atomic E-state index is 5.74. The molecule has 1 heterocycles. The van der Waals surface area contributed by atoms with Gasteiger partial charge in [-0.3, -0.25) is 0 Å². The summed E-state index contributed by atoms with van der Waals surface area (Å²) in [6.07, 6.45) is 10.8. The van der Waals surface area contributed by atoms with Crippen molar-refractivity contribution >= 4 is 0 Å². The monoisotopic (exact) mass is 227 g/mol. The third-order valence-electron chi connectivity index (χ3n) is 3.39. The molecular formula is C14H29NO. The Morgan fingerprint density at radius 3 is 2.69 bits per heavy atom. The fourth-order valence-electron chi connectivity index (χ4n) is 2.30. The summed E-state index contributed by atoms with van der Waals surface area (Å²) >= 11 is 0. The molecule has 16 heavy (non-hydrogen) atoms. The molecule has 1 N–H and O–H groups in total. The first-order valence-electron chi connectivity index (χ1n) is 7.22. The summed E-state index contributed by atoms with van der Waals surface area (Å²) in [6.45, 7) is 6.58. The van der Waals surface area contributed by atoms with Crippen LogP contribution in [0.4, 0.5) is 0 Å². The Bertz CT molecular complexity index is 144. The highest BCUT2D eigenvalue weighted by Gasteiger charge is 2.12. The van der Waals surface area contributed by atoms with E-state index in [0.29, 0.717) is 0 Å². The van der Waals surface area contributed by atoms with E-state index in [1.165, 1.54) is 57.9 Å². The summed E-state index contributed by atoms with van der Waals surface area (Å²) in [6, 6.07) is 0. The van der Waals surface area contributed by atoms with Gasteiger partial charge in [0.1, 0.15) is 0 Å². The number of nitrogens with one attached hydrogen (secondary N) is 1. The molecule has 1 unspecified atom stereocenters. The summed E-state index contributed by atoms with van der Waals surface area (Å²) in [4.78, 5) is 0. The van der Waals surface area contributed by atoms with Gasteiger partial charge in [-0.05, 0) is 31.7 Å². The Balaban J connectivity index is 1.77. The first kappa shape index (κ1) is 14.0. The van der Waals surface area contributed by atoms with E-state index >= 15 is 0 Å². The minimum atomic E-state index is 0.772. The molecule has 0 aromatic carbocycles. The smallest absolute Gasteiger partial charge is 0.0506 e. The van der Waals surface area contributed by atoms with Gasteiger partial charge in [-0.25, -0.2) is 0 Å². The lowest BCUT2D eigenvalue weighted by atomic mass is 10.0. The van der Waals surface area contributed by atoms with E-state index in [9.17, 15) is 0 Å². The maximum Gasteiger partial charge on any atom is 0.0506 e. The Morgan fingerprint density at radius 2 is 1.94 bits per heavy atom. The minimum absolute atomic E-state index is 0.772. The van der Waals surface area contributed by atoms with E-state index in [1.807, 2.05) is 0 Å². The van der Waals surface area contributed by atoms with Crippen LogP contribution in [0, 0.1) is 5.92 Å². The first-order chi connectivity index (χ1) is 7.93. The zero-order valence-corrected chi connectivity index (χ0v) is 11.0. The molecule has 0 saturated carbocycles. The number of ether oxygens (including phenoxy) is 1. The summed E-state index contributed by atoms with van der Waals surface area (Å²) < 4.78 is 5.74. The van der Waals surface area contributed by atoms with Crippen molar-refractivity contribution in [3.8, 4) is 0 Å². The van der Waals surface area contributed by atoms with Crippen LogP contribution in [-0.2, 0) is 4.74 Å². The van der Waals surface area contributed by atoms with E-state index in [-0.39, 0.29) is 0 Å². The lowest BCUT2D eigenvalue weighted by Gasteiger charge is -2.22. The summed E-state index contributed by atoms with van der Waals surface area (Å²) in [5, 5.41) is 3.43. The molecule has 2 heteroatoms. The van der Waals surface area contributed by atoms with Gasteiger partial charge in [0, 0.05) is 13.2 Å². The van der Waals surface area contributed by atoms with Crippen molar-refractivity contribution in [1.82, 2.24) is 5.32 Å². The lowest BCUT2D eigenvalue weighted by molar-refractivity contribution is 0.0869. The number of hydrogen-bond acceptors (Lipinski definition) is 2. The molecular weight excluding hydrogens is 198 g/mol. The van der Waals surface area contributed by atoms with Gasteiger partial charge >= 0.3 is 0 Å². The van der Waals surface area contributed by atoms with Gasteiger partial charge in [-0.1, -0.05) is 39.0 Å². The largest absolute Gasteiger partial charge is 0.381 e. The van der Waals surface area contributed by atoms with Crippen LogP contribution in [-0.4, -0.2) is 26.3 Å². The minimum Gasteiger partial charge on any atom is -0.381 e. The molecule has 96 valence electrons. The third-order valence-corrected chi connectivity index (χ3v) is 3.39. The Kier molecular flexibility index (Phi) is 8.83. The number of piperidine rings is 1. The standard InChI is InChI=1S/C14H29NO/c1-2-3-4-5-6-7-11-16-13-14-9-8-10-15-12-14/h14-15H,2-13H2,1H3. The van der Waals surface area contributed by atoms with Gasteiger partial charge in [0.05, 0.1) is 6.61 Å². The van der Waals surface area contributed by atoms with Gasteiger partial charge < -0.3 is 10.1 Å². The van der Waals surface area contributed by atoms with Crippen molar-refractivity contribution in [3.63, 3.8) is 0 Å². The van der Waals surface area contributed by atoms with Crippen molar-refractivity contribution in [1.29, 1.82) is 0 Å². The van der Waals surface area contributed by atoms with Crippen LogP contribution in [0.2, 0.25) is 0 Å². The zero-order chi connectivity index (χ0) is 11.5. The van der Waals surface area contributed by atoms with Crippen LogP contribution in [0.1, 0.15) is 58.3 Å². The molecule has 1 atom stereocenters. The topological polar surface area (TPSA) is 21.3 Å². The molecule has 0 aromatic rings. The lowest BCUT2D eigenvalue weighted by Crippen LogP contribution is -2.32. The van der Waals surface area contributed by atoms with Crippen molar-refractivity contribution in [2.75, 3.05) is 26.3 Å². The van der Waals surface area contributed by atoms with Gasteiger partial charge in [-0.15, -0.1) is 0 Å². The van der Waals surface area contributed by atoms with E-state index in [2.05, 4.69) is 12.2 Å². The summed E-state index contributed by atoms with van der Waals surface area (Å²) in [7, 11) is 0. The van der Waals surface area contributed by atoms with Crippen LogP contribution >= 0.6 is 0 Å². The van der Waals surface area contributed by atoms with Gasteiger partial charge in [0.15, 0.2) is 0 Å². The second-order valence-corrected chi connectivity index (χ2v) is 5.06. The highest BCUT2D eigenvalue weighted by Crippen LogP contribution is 2.10.